The zero-order valence-corrected chi connectivity index (χ0v) is 16.3. The number of carbonyl (C=O) groups is 1. The number of amides is 1. The van der Waals surface area contributed by atoms with Crippen molar-refractivity contribution in [1.82, 2.24) is 25.1 Å². The van der Waals surface area contributed by atoms with Crippen molar-refractivity contribution in [3.05, 3.63) is 57.5 Å². The van der Waals surface area contributed by atoms with E-state index < -0.39 is 11.5 Å². The lowest BCUT2D eigenvalue weighted by atomic mass is 9.95. The zero-order valence-electron chi connectivity index (χ0n) is 16.3. The summed E-state index contributed by atoms with van der Waals surface area (Å²) in [4.78, 5) is 36.4. The molecule has 3 aromatic rings. The van der Waals surface area contributed by atoms with Gasteiger partial charge in [0.15, 0.2) is 5.82 Å². The molecule has 9 heteroatoms. The minimum absolute atomic E-state index is 0.00127. The van der Waals surface area contributed by atoms with Crippen LogP contribution in [0.1, 0.15) is 48.5 Å². The topological polar surface area (TPSA) is 142 Å². The number of nitrogens with two attached hydrogens (primary N) is 1. The predicted molar refractivity (Wildman–Crippen MR) is 106 cm³/mol. The molecule has 0 radical (unpaired) electrons. The van der Waals surface area contributed by atoms with Gasteiger partial charge in [-0.05, 0) is 31.2 Å². The van der Waals surface area contributed by atoms with E-state index in [9.17, 15) is 9.59 Å². The minimum atomic E-state index is -0.511. The van der Waals surface area contributed by atoms with Crippen LogP contribution in [-0.4, -0.2) is 31.1 Å². The van der Waals surface area contributed by atoms with E-state index in [1.165, 1.54) is 0 Å². The van der Waals surface area contributed by atoms with E-state index in [1.54, 1.807) is 31.2 Å². The summed E-state index contributed by atoms with van der Waals surface area (Å²) in [5.41, 5.74) is 6.45. The van der Waals surface area contributed by atoms with Gasteiger partial charge in [-0.15, -0.1) is 0 Å². The Bertz CT molecular complexity index is 1060. The average molecular weight is 381 g/mol. The molecule has 1 amide bonds. The molecule has 0 aliphatic rings. The van der Waals surface area contributed by atoms with Gasteiger partial charge in [-0.1, -0.05) is 20.8 Å². The molecule has 2 aromatic heterocycles. The number of nitrogens with zero attached hydrogens (tertiary/aromatic N) is 3. The molecule has 0 saturated heterocycles. The number of anilines is 1. The summed E-state index contributed by atoms with van der Waals surface area (Å²) in [6, 6.07) is 6.98. The highest BCUT2D eigenvalue weighted by Gasteiger charge is 2.22. The second kappa shape index (κ2) is 7.35. The highest BCUT2D eigenvalue weighted by Crippen LogP contribution is 2.20. The molecule has 0 atom stereocenters. The number of aromatic nitrogens is 5. The van der Waals surface area contributed by atoms with E-state index >= 15 is 0 Å². The molecular formula is C19H23N7O2. The molecule has 28 heavy (non-hydrogen) atoms. The van der Waals surface area contributed by atoms with E-state index in [-0.39, 0.29) is 17.5 Å². The van der Waals surface area contributed by atoms with E-state index in [0.717, 1.165) is 5.56 Å². The second-order valence-corrected chi connectivity index (χ2v) is 7.47. The molecule has 0 unspecified atom stereocenters. The summed E-state index contributed by atoms with van der Waals surface area (Å²) in [6.45, 7) is 7.75. The van der Waals surface area contributed by atoms with Gasteiger partial charge in [0, 0.05) is 16.7 Å². The lowest BCUT2D eigenvalue weighted by Crippen LogP contribution is -2.30. The first-order chi connectivity index (χ1) is 13.2. The normalized spacial score (nSPS) is 11.5. The first kappa shape index (κ1) is 19.4. The number of aryl methyl sites for hydroxylation is 1. The third-order valence-electron chi connectivity index (χ3n) is 4.16. The molecule has 5 N–H and O–H groups in total. The third kappa shape index (κ3) is 3.99. The number of hydrogen-bond donors (Lipinski definition) is 4. The number of H-pyrrole nitrogens is 2. The number of carbonyl (C=O) groups excluding carboxylic acids is 1. The van der Waals surface area contributed by atoms with Crippen LogP contribution in [-0.2, 0) is 12.0 Å². The van der Waals surface area contributed by atoms with Crippen LogP contribution < -0.4 is 16.6 Å². The third-order valence-corrected chi connectivity index (χ3v) is 4.16. The Morgan fingerprint density at radius 1 is 1.18 bits per heavy atom. The van der Waals surface area contributed by atoms with E-state index in [4.69, 9.17) is 5.73 Å². The van der Waals surface area contributed by atoms with E-state index in [0.29, 0.717) is 28.9 Å². The van der Waals surface area contributed by atoms with Gasteiger partial charge < -0.3 is 16.0 Å². The Hall–Kier alpha value is -3.33. The molecule has 0 saturated carbocycles. The van der Waals surface area contributed by atoms with Crippen LogP contribution in [0.5, 0.6) is 0 Å². The molecule has 1 aromatic carbocycles. The number of rotatable bonds is 4. The van der Waals surface area contributed by atoms with Crippen LogP contribution in [0.2, 0.25) is 0 Å². The molecule has 0 fully saturated rings. The number of hydrogen-bond acceptors (Lipinski definition) is 6. The van der Waals surface area contributed by atoms with Crippen LogP contribution in [0, 0.1) is 6.92 Å². The maximum absolute atomic E-state index is 12.6. The smallest absolute Gasteiger partial charge is 0.264 e. The molecule has 0 bridgehead atoms. The molecule has 0 spiro atoms. The minimum Gasteiger partial charge on any atom is -0.324 e. The quantitative estimate of drug-likeness (QED) is 0.543. The first-order valence-corrected chi connectivity index (χ1v) is 8.83. The number of benzene rings is 1. The van der Waals surface area contributed by atoms with E-state index in [1.807, 2.05) is 20.8 Å². The molecule has 3 rings (SSSR count). The monoisotopic (exact) mass is 381 g/mol. The highest BCUT2D eigenvalue weighted by molar-refractivity contribution is 6.04. The Morgan fingerprint density at radius 2 is 1.86 bits per heavy atom. The van der Waals surface area contributed by atoms with Crippen molar-refractivity contribution in [2.45, 2.75) is 39.7 Å². The van der Waals surface area contributed by atoms with Gasteiger partial charge in [0.1, 0.15) is 17.2 Å². The Balaban J connectivity index is 1.81. The van der Waals surface area contributed by atoms with Gasteiger partial charge in [0.2, 0.25) is 0 Å². The van der Waals surface area contributed by atoms with Crippen molar-refractivity contribution in [3.63, 3.8) is 0 Å². The molecule has 0 aliphatic carbocycles. The first-order valence-electron chi connectivity index (χ1n) is 8.83. The van der Waals surface area contributed by atoms with Crippen LogP contribution in [0.4, 0.5) is 5.69 Å². The van der Waals surface area contributed by atoms with Crippen molar-refractivity contribution >= 4 is 11.6 Å². The van der Waals surface area contributed by atoms with Crippen LogP contribution >= 0.6 is 0 Å². The largest absolute Gasteiger partial charge is 0.324 e. The van der Waals surface area contributed by atoms with Crippen LogP contribution in [0.25, 0.3) is 11.4 Å². The van der Waals surface area contributed by atoms with Gasteiger partial charge in [0.25, 0.3) is 11.5 Å². The van der Waals surface area contributed by atoms with Gasteiger partial charge >= 0.3 is 0 Å². The van der Waals surface area contributed by atoms with Gasteiger partial charge in [0.05, 0.1) is 12.2 Å². The maximum Gasteiger partial charge on any atom is 0.264 e. The standard InChI is InChI=1S/C19H23N7O2/c1-10-14(17(28)24-18(21-10)19(2,3)4)16(27)22-12-7-5-11(6-8-12)15-23-13(9-20)25-26-15/h5-8H,9,20H2,1-4H3,(H,22,27)(H,21,24,28)(H,23,25,26). The van der Waals surface area contributed by atoms with Gasteiger partial charge in [-0.25, -0.2) is 9.97 Å². The summed E-state index contributed by atoms with van der Waals surface area (Å²) in [6.07, 6.45) is 0. The lowest BCUT2D eigenvalue weighted by molar-refractivity contribution is 0.102. The molecule has 0 aliphatic heterocycles. The zero-order chi connectivity index (χ0) is 20.5. The van der Waals surface area contributed by atoms with Crippen molar-refractivity contribution in [1.29, 1.82) is 0 Å². The van der Waals surface area contributed by atoms with Crippen LogP contribution in [0.15, 0.2) is 29.1 Å². The summed E-state index contributed by atoms with van der Waals surface area (Å²) in [5, 5.41) is 9.56. The fourth-order valence-electron chi connectivity index (χ4n) is 2.62. The summed E-state index contributed by atoms with van der Waals surface area (Å²) < 4.78 is 0. The Kier molecular flexibility index (Phi) is 5.10. The molecule has 9 nitrogen and oxygen atoms in total. The van der Waals surface area contributed by atoms with E-state index in [2.05, 4.69) is 30.5 Å². The van der Waals surface area contributed by atoms with Crippen LogP contribution in [0.3, 0.4) is 0 Å². The van der Waals surface area contributed by atoms with Gasteiger partial charge in [-0.2, -0.15) is 5.10 Å². The summed E-state index contributed by atoms with van der Waals surface area (Å²) in [5.74, 6) is 1.14. The predicted octanol–water partition coefficient (Wildman–Crippen LogP) is 1.87. The fourth-order valence-corrected chi connectivity index (χ4v) is 2.62. The summed E-state index contributed by atoms with van der Waals surface area (Å²) >= 11 is 0. The van der Waals surface area contributed by atoms with Crippen molar-refractivity contribution < 1.29 is 4.79 Å². The summed E-state index contributed by atoms with van der Waals surface area (Å²) in [7, 11) is 0. The maximum atomic E-state index is 12.6. The molecule has 2 heterocycles. The molecule has 146 valence electrons. The van der Waals surface area contributed by atoms with Crippen molar-refractivity contribution in [3.8, 4) is 11.4 Å². The average Bonchev–Trinajstić information content (AvgIpc) is 3.10. The second-order valence-electron chi connectivity index (χ2n) is 7.47. The molecular weight excluding hydrogens is 358 g/mol. The lowest BCUT2D eigenvalue weighted by Gasteiger charge is -2.18. The highest BCUT2D eigenvalue weighted by atomic mass is 16.2. The van der Waals surface area contributed by atoms with Crippen molar-refractivity contribution in [2.75, 3.05) is 5.32 Å². The fraction of sp³-hybridized carbons (Fsp3) is 0.316. The SMILES string of the molecule is Cc1nc(C(C)(C)C)[nH]c(=O)c1C(=O)Nc1ccc(-c2n[nH]c(CN)n2)cc1. The Morgan fingerprint density at radius 3 is 2.39 bits per heavy atom. The van der Waals surface area contributed by atoms with Gasteiger partial charge in [-0.3, -0.25) is 14.7 Å². The Labute approximate surface area is 161 Å². The van der Waals surface area contributed by atoms with Crippen molar-refractivity contribution in [2.24, 2.45) is 5.73 Å². The number of nitrogens with one attached hydrogen (secondary N) is 3. The number of aromatic amines is 2.